The van der Waals surface area contributed by atoms with Gasteiger partial charge in [0.05, 0.1) is 19.7 Å². The molecule has 116 valence electrons. The molecule has 0 aromatic carbocycles. The van der Waals surface area contributed by atoms with Crippen molar-refractivity contribution in [2.24, 2.45) is 0 Å². The van der Waals surface area contributed by atoms with Gasteiger partial charge < -0.3 is 9.64 Å². The second kappa shape index (κ2) is 7.04. The minimum Gasteiger partial charge on any atom is -0.468 e. The number of thiophene rings is 1. The number of likely N-dealkylation sites (tertiary alicyclic amines) is 1. The van der Waals surface area contributed by atoms with Crippen molar-refractivity contribution in [2.45, 2.75) is 31.8 Å². The third-order valence-corrected chi connectivity index (χ3v) is 5.15. The molecule has 2 heterocycles. The van der Waals surface area contributed by atoms with Crippen LogP contribution >= 0.6 is 11.3 Å². The van der Waals surface area contributed by atoms with Crippen LogP contribution in [-0.4, -0.2) is 55.0 Å². The molecule has 6 heteroatoms. The lowest BCUT2D eigenvalue weighted by atomic mass is 10.2. The fourth-order valence-electron chi connectivity index (χ4n) is 2.64. The topological polar surface area (TPSA) is 49.9 Å². The van der Waals surface area contributed by atoms with Crippen molar-refractivity contribution in [3.63, 3.8) is 0 Å². The molecular weight excluding hydrogens is 288 g/mol. The molecule has 0 spiro atoms. The van der Waals surface area contributed by atoms with Crippen molar-refractivity contribution < 1.29 is 14.3 Å². The highest BCUT2D eigenvalue weighted by molar-refractivity contribution is 7.10. The summed E-state index contributed by atoms with van der Waals surface area (Å²) in [5, 5.41) is 2.01. The van der Waals surface area contributed by atoms with Crippen LogP contribution in [0.15, 0.2) is 17.5 Å². The monoisotopic (exact) mass is 310 g/mol. The van der Waals surface area contributed by atoms with E-state index in [1.54, 1.807) is 16.2 Å². The second-order valence-corrected chi connectivity index (χ2v) is 6.33. The first kappa shape index (κ1) is 16.0. The van der Waals surface area contributed by atoms with E-state index in [9.17, 15) is 9.59 Å². The highest BCUT2D eigenvalue weighted by atomic mass is 32.1. The number of amides is 1. The van der Waals surface area contributed by atoms with E-state index in [0.717, 1.165) is 24.3 Å². The Morgan fingerprint density at radius 1 is 1.57 bits per heavy atom. The van der Waals surface area contributed by atoms with E-state index in [4.69, 9.17) is 4.74 Å². The molecule has 5 nitrogen and oxygen atoms in total. The lowest BCUT2D eigenvalue weighted by Crippen LogP contribution is -2.44. The summed E-state index contributed by atoms with van der Waals surface area (Å²) in [6.45, 7) is 3.06. The van der Waals surface area contributed by atoms with Gasteiger partial charge in [-0.1, -0.05) is 6.07 Å². The molecule has 1 saturated heterocycles. The minimum absolute atomic E-state index is 0.0340. The van der Waals surface area contributed by atoms with Gasteiger partial charge >= 0.3 is 5.97 Å². The fourth-order valence-corrected chi connectivity index (χ4v) is 3.47. The predicted octanol–water partition coefficient (Wildman–Crippen LogP) is 1.90. The lowest BCUT2D eigenvalue weighted by Gasteiger charge is -2.28. The Kier molecular flexibility index (Phi) is 5.36. The number of esters is 1. The van der Waals surface area contributed by atoms with Gasteiger partial charge in [0.1, 0.15) is 6.04 Å². The molecule has 0 N–H and O–H groups in total. The Morgan fingerprint density at radius 2 is 2.33 bits per heavy atom. The van der Waals surface area contributed by atoms with Crippen LogP contribution in [0.3, 0.4) is 0 Å². The molecule has 0 saturated carbocycles. The molecule has 1 amide bonds. The van der Waals surface area contributed by atoms with Crippen molar-refractivity contribution in [2.75, 3.05) is 27.2 Å². The summed E-state index contributed by atoms with van der Waals surface area (Å²) in [7, 11) is 3.21. The van der Waals surface area contributed by atoms with E-state index in [-0.39, 0.29) is 30.5 Å². The maximum Gasteiger partial charge on any atom is 0.323 e. The zero-order valence-electron chi connectivity index (χ0n) is 12.7. The van der Waals surface area contributed by atoms with Crippen molar-refractivity contribution in [1.82, 2.24) is 9.80 Å². The number of likely N-dealkylation sites (N-methyl/N-ethyl adjacent to an activating group) is 1. The first-order chi connectivity index (χ1) is 10.0. The smallest absolute Gasteiger partial charge is 0.323 e. The molecule has 0 bridgehead atoms. The van der Waals surface area contributed by atoms with Gasteiger partial charge in [-0.05, 0) is 37.8 Å². The standard InChI is InChI=1S/C15H22N2O3S/c1-11(13-7-5-9-21-13)16(2)14(18)10-17-8-4-6-12(17)15(19)20-3/h5,7,9,11-12H,4,6,8,10H2,1-3H3/t11-,12+/m1/s1. The summed E-state index contributed by atoms with van der Waals surface area (Å²) >= 11 is 1.65. The Hall–Kier alpha value is -1.40. The Labute approximate surface area is 129 Å². The minimum atomic E-state index is -0.274. The number of hydrogen-bond acceptors (Lipinski definition) is 5. The molecule has 0 unspecified atom stereocenters. The Bertz CT molecular complexity index is 489. The molecule has 0 radical (unpaired) electrons. The van der Waals surface area contributed by atoms with Gasteiger partial charge in [0.2, 0.25) is 5.91 Å². The van der Waals surface area contributed by atoms with Gasteiger partial charge in [0, 0.05) is 11.9 Å². The van der Waals surface area contributed by atoms with Gasteiger partial charge in [-0.15, -0.1) is 11.3 Å². The van der Waals surface area contributed by atoms with Gasteiger partial charge in [-0.2, -0.15) is 0 Å². The zero-order valence-corrected chi connectivity index (χ0v) is 13.6. The highest BCUT2D eigenvalue weighted by Gasteiger charge is 2.33. The number of hydrogen-bond donors (Lipinski definition) is 0. The van der Waals surface area contributed by atoms with Crippen LogP contribution in [0.25, 0.3) is 0 Å². The van der Waals surface area contributed by atoms with Crippen molar-refractivity contribution in [3.05, 3.63) is 22.4 Å². The summed E-state index contributed by atoms with van der Waals surface area (Å²) in [6.07, 6.45) is 1.70. The quantitative estimate of drug-likeness (QED) is 0.780. The Balaban J connectivity index is 1.95. The van der Waals surface area contributed by atoms with Crippen LogP contribution in [-0.2, 0) is 14.3 Å². The second-order valence-electron chi connectivity index (χ2n) is 5.35. The number of carbonyl (C=O) groups excluding carboxylic acids is 2. The van der Waals surface area contributed by atoms with E-state index in [0.29, 0.717) is 0 Å². The molecule has 1 aliphatic heterocycles. The van der Waals surface area contributed by atoms with E-state index >= 15 is 0 Å². The largest absolute Gasteiger partial charge is 0.468 e. The number of nitrogens with zero attached hydrogens (tertiary/aromatic N) is 2. The van der Waals surface area contributed by atoms with Crippen LogP contribution in [0.2, 0.25) is 0 Å². The third-order valence-electron chi connectivity index (χ3n) is 4.10. The van der Waals surface area contributed by atoms with Gasteiger partial charge in [0.15, 0.2) is 0 Å². The van der Waals surface area contributed by atoms with Crippen LogP contribution < -0.4 is 0 Å². The lowest BCUT2D eigenvalue weighted by molar-refractivity contribution is -0.146. The van der Waals surface area contributed by atoms with Gasteiger partial charge in [0.25, 0.3) is 0 Å². The van der Waals surface area contributed by atoms with E-state index in [2.05, 4.69) is 0 Å². The first-order valence-corrected chi connectivity index (χ1v) is 8.03. The van der Waals surface area contributed by atoms with E-state index in [1.807, 2.05) is 36.4 Å². The molecule has 1 fully saturated rings. The molecule has 1 aromatic heterocycles. The predicted molar refractivity (Wildman–Crippen MR) is 82.1 cm³/mol. The van der Waals surface area contributed by atoms with Crippen LogP contribution in [0.1, 0.15) is 30.7 Å². The SMILES string of the molecule is COC(=O)[C@@H]1CCCN1CC(=O)N(C)[C@H](C)c1cccs1. The van der Waals surface area contributed by atoms with E-state index < -0.39 is 0 Å². The van der Waals surface area contributed by atoms with Crippen molar-refractivity contribution >= 4 is 23.2 Å². The number of ether oxygens (including phenoxy) is 1. The Morgan fingerprint density at radius 3 is 2.95 bits per heavy atom. The van der Waals surface area contributed by atoms with Crippen LogP contribution in [0.5, 0.6) is 0 Å². The maximum absolute atomic E-state index is 12.4. The maximum atomic E-state index is 12.4. The normalized spacial score (nSPS) is 20.2. The van der Waals surface area contributed by atoms with Crippen molar-refractivity contribution in [1.29, 1.82) is 0 Å². The molecule has 21 heavy (non-hydrogen) atoms. The number of methoxy groups -OCH3 is 1. The summed E-state index contributed by atoms with van der Waals surface area (Å²) < 4.78 is 4.81. The fraction of sp³-hybridized carbons (Fsp3) is 0.600. The number of carbonyl (C=O) groups is 2. The molecule has 2 atom stereocenters. The van der Waals surface area contributed by atoms with Gasteiger partial charge in [-0.3, -0.25) is 14.5 Å². The summed E-state index contributed by atoms with van der Waals surface area (Å²) in [5.41, 5.74) is 0. The molecule has 2 rings (SSSR count). The van der Waals surface area contributed by atoms with Crippen LogP contribution in [0, 0.1) is 0 Å². The zero-order chi connectivity index (χ0) is 15.4. The summed E-state index contributed by atoms with van der Waals surface area (Å²) in [6, 6.07) is 3.80. The summed E-state index contributed by atoms with van der Waals surface area (Å²) in [4.78, 5) is 29.0. The third kappa shape index (κ3) is 3.63. The molecule has 1 aliphatic rings. The summed E-state index contributed by atoms with van der Waals surface area (Å²) in [5.74, 6) is -0.207. The van der Waals surface area contributed by atoms with Gasteiger partial charge in [-0.25, -0.2) is 0 Å². The van der Waals surface area contributed by atoms with Crippen LogP contribution in [0.4, 0.5) is 0 Å². The first-order valence-electron chi connectivity index (χ1n) is 7.15. The highest BCUT2D eigenvalue weighted by Crippen LogP contribution is 2.24. The van der Waals surface area contributed by atoms with E-state index in [1.165, 1.54) is 7.11 Å². The average Bonchev–Trinajstić information content (AvgIpc) is 3.16. The molecule has 1 aromatic rings. The molecular formula is C15H22N2O3S. The average molecular weight is 310 g/mol. The number of rotatable bonds is 5. The van der Waals surface area contributed by atoms with Crippen molar-refractivity contribution in [3.8, 4) is 0 Å². The molecule has 0 aliphatic carbocycles.